The summed E-state index contributed by atoms with van der Waals surface area (Å²) in [7, 11) is 0. The summed E-state index contributed by atoms with van der Waals surface area (Å²) in [4.78, 5) is 29.7. The van der Waals surface area contributed by atoms with E-state index in [0.717, 1.165) is 44.8 Å². The van der Waals surface area contributed by atoms with Gasteiger partial charge in [-0.15, -0.1) is 0 Å². The van der Waals surface area contributed by atoms with Gasteiger partial charge in [-0.25, -0.2) is 0 Å². The highest BCUT2D eigenvalue weighted by molar-refractivity contribution is 5.98. The number of ether oxygens (including phenoxy) is 1. The molecule has 0 atom stereocenters. The van der Waals surface area contributed by atoms with Gasteiger partial charge < -0.3 is 15.0 Å². The molecule has 160 valence electrons. The van der Waals surface area contributed by atoms with E-state index in [1.807, 2.05) is 11.8 Å². The van der Waals surface area contributed by atoms with Crippen molar-refractivity contribution in [2.45, 2.75) is 26.4 Å². The van der Waals surface area contributed by atoms with Crippen LogP contribution in [0.5, 0.6) is 0 Å². The van der Waals surface area contributed by atoms with Crippen LogP contribution in [-0.2, 0) is 17.8 Å². The van der Waals surface area contributed by atoms with E-state index in [4.69, 9.17) is 4.74 Å². The number of carbonyl (C=O) groups excluding carboxylic acids is 2. The number of nitrogens with one attached hydrogen (secondary N) is 1. The number of carbonyl (C=O) groups is 2. The number of fused-ring (bicyclic) bond motifs is 1. The summed E-state index contributed by atoms with van der Waals surface area (Å²) in [5.74, 6) is -0.311. The van der Waals surface area contributed by atoms with Gasteiger partial charge in [0.1, 0.15) is 5.69 Å². The molecule has 0 aliphatic carbocycles. The zero-order valence-electron chi connectivity index (χ0n) is 17.5. The highest BCUT2D eigenvalue weighted by atomic mass is 16.5. The Morgan fingerprint density at radius 2 is 1.90 bits per heavy atom. The van der Waals surface area contributed by atoms with E-state index >= 15 is 0 Å². The molecule has 0 spiro atoms. The minimum Gasteiger partial charge on any atom is -0.379 e. The van der Waals surface area contributed by atoms with Crippen molar-refractivity contribution in [2.75, 3.05) is 45.9 Å². The Hall–Kier alpha value is -2.71. The van der Waals surface area contributed by atoms with Crippen molar-refractivity contribution in [1.29, 1.82) is 0 Å². The molecule has 0 bridgehead atoms. The first-order valence-corrected chi connectivity index (χ1v) is 10.6. The number of aromatic nitrogens is 2. The minimum atomic E-state index is -0.235. The molecule has 1 aromatic heterocycles. The van der Waals surface area contributed by atoms with Gasteiger partial charge in [0.2, 0.25) is 0 Å². The lowest BCUT2D eigenvalue weighted by atomic mass is 10.1. The topological polar surface area (TPSA) is 79.7 Å². The minimum absolute atomic E-state index is 0.0760. The molecule has 2 amide bonds. The predicted octanol–water partition coefficient (Wildman–Crippen LogP) is 1.30. The van der Waals surface area contributed by atoms with Crippen molar-refractivity contribution in [3.63, 3.8) is 0 Å². The van der Waals surface area contributed by atoms with Crippen LogP contribution in [0.1, 0.15) is 38.5 Å². The molecule has 2 aliphatic rings. The average molecular weight is 412 g/mol. The van der Waals surface area contributed by atoms with Crippen LogP contribution in [0.4, 0.5) is 0 Å². The Bertz CT molecular complexity index is 887. The van der Waals surface area contributed by atoms with E-state index in [2.05, 4.69) is 39.6 Å². The monoisotopic (exact) mass is 411 g/mol. The van der Waals surface area contributed by atoms with Crippen LogP contribution >= 0.6 is 0 Å². The van der Waals surface area contributed by atoms with Crippen LogP contribution in [0, 0.1) is 6.92 Å². The quantitative estimate of drug-likeness (QED) is 0.775. The highest BCUT2D eigenvalue weighted by Crippen LogP contribution is 2.17. The van der Waals surface area contributed by atoms with Crippen LogP contribution in [0.15, 0.2) is 30.3 Å². The van der Waals surface area contributed by atoms with Gasteiger partial charge in [-0.05, 0) is 18.9 Å². The lowest BCUT2D eigenvalue weighted by Crippen LogP contribution is -2.41. The number of aryl methyl sites for hydroxylation is 2. The number of hydrogen-bond donors (Lipinski definition) is 1. The van der Waals surface area contributed by atoms with Crippen molar-refractivity contribution in [3.05, 3.63) is 52.8 Å². The Kier molecular flexibility index (Phi) is 6.44. The van der Waals surface area contributed by atoms with E-state index in [1.165, 1.54) is 5.56 Å². The molecule has 1 N–H and O–H groups in total. The lowest BCUT2D eigenvalue weighted by Gasteiger charge is -2.26. The second-order valence-corrected chi connectivity index (χ2v) is 7.91. The van der Waals surface area contributed by atoms with Crippen molar-refractivity contribution in [1.82, 2.24) is 24.9 Å². The molecule has 8 heteroatoms. The summed E-state index contributed by atoms with van der Waals surface area (Å²) in [5.41, 5.74) is 3.08. The Morgan fingerprint density at radius 1 is 1.13 bits per heavy atom. The van der Waals surface area contributed by atoms with Crippen molar-refractivity contribution in [2.24, 2.45) is 0 Å². The molecule has 0 radical (unpaired) electrons. The Morgan fingerprint density at radius 3 is 2.67 bits per heavy atom. The second-order valence-electron chi connectivity index (χ2n) is 7.91. The molecular weight excluding hydrogens is 382 g/mol. The SMILES string of the molecule is Cc1ccc(CN2CCCn3nc(C(=O)NCCN4CCOCC4)cc3C2=O)cc1. The number of benzene rings is 1. The number of morpholine rings is 1. The van der Waals surface area contributed by atoms with Crippen LogP contribution < -0.4 is 5.32 Å². The first-order valence-electron chi connectivity index (χ1n) is 10.6. The number of nitrogens with zero attached hydrogens (tertiary/aromatic N) is 4. The molecular formula is C22H29N5O3. The lowest BCUT2D eigenvalue weighted by molar-refractivity contribution is 0.0383. The molecule has 4 rings (SSSR count). The van der Waals surface area contributed by atoms with Gasteiger partial charge >= 0.3 is 0 Å². The molecule has 1 saturated heterocycles. The van der Waals surface area contributed by atoms with Crippen molar-refractivity contribution in [3.8, 4) is 0 Å². The van der Waals surface area contributed by atoms with Crippen molar-refractivity contribution >= 4 is 11.8 Å². The fourth-order valence-electron chi connectivity index (χ4n) is 3.85. The predicted molar refractivity (Wildman–Crippen MR) is 112 cm³/mol. The first kappa shape index (κ1) is 20.6. The smallest absolute Gasteiger partial charge is 0.272 e. The van der Waals surface area contributed by atoms with E-state index in [1.54, 1.807) is 10.7 Å². The fraction of sp³-hybridized carbons (Fsp3) is 0.500. The third-order valence-corrected chi connectivity index (χ3v) is 5.63. The summed E-state index contributed by atoms with van der Waals surface area (Å²) < 4.78 is 7.01. The standard InChI is InChI=1S/C22H29N5O3/c1-17-3-5-18(6-4-17)16-26-8-2-9-27-20(22(26)29)15-19(24-27)21(28)23-7-10-25-11-13-30-14-12-25/h3-6,15H,2,7-14,16H2,1H3,(H,23,28). The van der Waals surface area contributed by atoms with Gasteiger partial charge in [-0.1, -0.05) is 29.8 Å². The van der Waals surface area contributed by atoms with Gasteiger partial charge in [0.15, 0.2) is 5.69 Å². The Labute approximate surface area is 176 Å². The van der Waals surface area contributed by atoms with Crippen LogP contribution in [0.2, 0.25) is 0 Å². The zero-order valence-corrected chi connectivity index (χ0v) is 17.5. The molecule has 0 unspecified atom stereocenters. The third kappa shape index (κ3) is 4.88. The maximum Gasteiger partial charge on any atom is 0.272 e. The summed E-state index contributed by atoms with van der Waals surface area (Å²) in [6.07, 6.45) is 0.810. The normalized spacial score (nSPS) is 17.5. The molecule has 0 saturated carbocycles. The molecule has 2 aromatic rings. The second kappa shape index (κ2) is 9.40. The van der Waals surface area contributed by atoms with Gasteiger partial charge in [0.25, 0.3) is 11.8 Å². The van der Waals surface area contributed by atoms with Gasteiger partial charge in [0.05, 0.1) is 13.2 Å². The van der Waals surface area contributed by atoms with Crippen molar-refractivity contribution < 1.29 is 14.3 Å². The maximum absolute atomic E-state index is 13.1. The van der Waals surface area contributed by atoms with Crippen LogP contribution in [0.3, 0.4) is 0 Å². The summed E-state index contributed by atoms with van der Waals surface area (Å²) >= 11 is 0. The molecule has 8 nitrogen and oxygen atoms in total. The van der Waals surface area contributed by atoms with E-state index in [-0.39, 0.29) is 11.8 Å². The molecule has 3 heterocycles. The van der Waals surface area contributed by atoms with Crippen LogP contribution in [0.25, 0.3) is 0 Å². The van der Waals surface area contributed by atoms with Gasteiger partial charge in [0, 0.05) is 51.9 Å². The van der Waals surface area contributed by atoms with Gasteiger partial charge in [-0.2, -0.15) is 5.10 Å². The zero-order chi connectivity index (χ0) is 20.9. The van der Waals surface area contributed by atoms with E-state index in [9.17, 15) is 9.59 Å². The largest absolute Gasteiger partial charge is 0.379 e. The van der Waals surface area contributed by atoms with Crippen LogP contribution in [-0.4, -0.2) is 77.3 Å². The van der Waals surface area contributed by atoms with E-state index in [0.29, 0.717) is 37.6 Å². The maximum atomic E-state index is 13.1. The summed E-state index contributed by atoms with van der Waals surface area (Å²) in [6.45, 7) is 8.51. The first-order chi connectivity index (χ1) is 14.6. The highest BCUT2D eigenvalue weighted by Gasteiger charge is 2.26. The van der Waals surface area contributed by atoms with Gasteiger partial charge in [-0.3, -0.25) is 19.2 Å². The molecule has 2 aliphatic heterocycles. The fourth-order valence-corrected chi connectivity index (χ4v) is 3.85. The molecule has 1 aromatic carbocycles. The summed E-state index contributed by atoms with van der Waals surface area (Å²) in [6, 6.07) is 9.85. The third-order valence-electron chi connectivity index (χ3n) is 5.63. The average Bonchev–Trinajstić information content (AvgIpc) is 3.13. The molecule has 1 fully saturated rings. The number of rotatable bonds is 6. The summed E-state index contributed by atoms with van der Waals surface area (Å²) in [5, 5.41) is 7.32. The van der Waals surface area contributed by atoms with E-state index < -0.39 is 0 Å². The molecule has 30 heavy (non-hydrogen) atoms. The number of amides is 2. The number of hydrogen-bond acceptors (Lipinski definition) is 5. The Balaban J connectivity index is 1.38.